The van der Waals surface area contributed by atoms with Crippen LogP contribution < -0.4 is 5.46 Å². The Hall–Kier alpha value is -1.58. The van der Waals surface area contributed by atoms with Crippen molar-refractivity contribution in [3.8, 4) is 11.1 Å². The summed E-state index contributed by atoms with van der Waals surface area (Å²) in [5.41, 5.74) is 5.71. The highest BCUT2D eigenvalue weighted by Gasteiger charge is 2.52. The van der Waals surface area contributed by atoms with E-state index in [1.807, 2.05) is 0 Å². The molecule has 2 nitrogen and oxygen atoms in total. The molecule has 0 radical (unpaired) electrons. The molecule has 0 aromatic heterocycles. The van der Waals surface area contributed by atoms with Gasteiger partial charge in [-0.25, -0.2) is 0 Å². The Kier molecular flexibility index (Phi) is 6.72. The lowest BCUT2D eigenvalue weighted by atomic mass is 9.51. The van der Waals surface area contributed by atoms with E-state index in [0.717, 1.165) is 5.46 Å². The van der Waals surface area contributed by atoms with Gasteiger partial charge in [0.15, 0.2) is 0 Å². The zero-order chi connectivity index (χ0) is 24.7. The van der Waals surface area contributed by atoms with Gasteiger partial charge in [-0.15, -0.1) is 0 Å². The van der Waals surface area contributed by atoms with E-state index in [-0.39, 0.29) is 18.3 Å². The van der Waals surface area contributed by atoms with Gasteiger partial charge in [0.05, 0.1) is 11.2 Å². The molecular weight excluding hydrogens is 427 g/mol. The first-order valence-corrected chi connectivity index (χ1v) is 14.2. The van der Waals surface area contributed by atoms with Crippen LogP contribution in [-0.2, 0) is 14.7 Å². The van der Waals surface area contributed by atoms with E-state index in [1.54, 1.807) is 5.56 Å². The van der Waals surface area contributed by atoms with E-state index in [4.69, 9.17) is 9.31 Å². The maximum atomic E-state index is 6.22. The van der Waals surface area contributed by atoms with E-state index in [0.29, 0.717) is 10.8 Å². The molecule has 0 unspecified atom stereocenters. The summed E-state index contributed by atoms with van der Waals surface area (Å²) in [6.07, 6.45) is 15.6. The molecule has 1 saturated heterocycles. The lowest BCUT2D eigenvalue weighted by Gasteiger charge is -2.54. The van der Waals surface area contributed by atoms with Crippen molar-refractivity contribution < 1.29 is 9.31 Å². The van der Waals surface area contributed by atoms with Gasteiger partial charge in [-0.05, 0) is 106 Å². The molecule has 35 heavy (non-hydrogen) atoms. The van der Waals surface area contributed by atoms with Crippen LogP contribution in [-0.4, -0.2) is 18.3 Å². The van der Waals surface area contributed by atoms with Gasteiger partial charge >= 0.3 is 7.12 Å². The zero-order valence-electron chi connectivity index (χ0n) is 22.8. The van der Waals surface area contributed by atoms with Gasteiger partial charge in [-0.1, -0.05) is 81.1 Å². The maximum absolute atomic E-state index is 6.22. The SMILES string of the molecule is CCCCCCC12CCC(c3ccc(-c4ccc(B5OC(C)(C)C(C)(C)O5)cc4)cc3)(CC1)CC2. The van der Waals surface area contributed by atoms with Crippen molar-refractivity contribution in [2.75, 3.05) is 0 Å². The van der Waals surface area contributed by atoms with Crippen LogP contribution in [0.4, 0.5) is 0 Å². The molecule has 0 N–H and O–H groups in total. The molecule has 3 saturated carbocycles. The molecule has 4 aliphatic rings. The van der Waals surface area contributed by atoms with Crippen molar-refractivity contribution in [1.82, 2.24) is 0 Å². The van der Waals surface area contributed by atoms with Gasteiger partial charge in [-0.3, -0.25) is 0 Å². The molecule has 1 heterocycles. The molecule has 2 bridgehead atoms. The third-order valence-electron chi connectivity index (χ3n) is 10.2. The molecule has 4 fully saturated rings. The second kappa shape index (κ2) is 9.38. The van der Waals surface area contributed by atoms with Crippen LogP contribution in [0.1, 0.15) is 111 Å². The maximum Gasteiger partial charge on any atom is 0.494 e. The summed E-state index contributed by atoms with van der Waals surface area (Å²) in [4.78, 5) is 0. The summed E-state index contributed by atoms with van der Waals surface area (Å²) in [7, 11) is -0.299. The highest BCUT2D eigenvalue weighted by atomic mass is 16.7. The van der Waals surface area contributed by atoms with Gasteiger partial charge in [0.1, 0.15) is 0 Å². The van der Waals surface area contributed by atoms with Gasteiger partial charge in [-0.2, -0.15) is 0 Å². The van der Waals surface area contributed by atoms with Crippen LogP contribution in [0.15, 0.2) is 48.5 Å². The summed E-state index contributed by atoms with van der Waals surface area (Å²) in [6, 6.07) is 18.3. The van der Waals surface area contributed by atoms with Crippen molar-refractivity contribution in [3.63, 3.8) is 0 Å². The van der Waals surface area contributed by atoms with E-state index in [2.05, 4.69) is 83.1 Å². The number of unbranched alkanes of at least 4 members (excludes halogenated alkanes) is 3. The second-order valence-electron chi connectivity index (χ2n) is 12.9. The highest BCUT2D eigenvalue weighted by Crippen LogP contribution is 2.59. The average molecular weight is 473 g/mol. The normalized spacial score (nSPS) is 29.0. The van der Waals surface area contributed by atoms with Gasteiger partial charge < -0.3 is 9.31 Å². The van der Waals surface area contributed by atoms with Crippen molar-refractivity contribution in [3.05, 3.63) is 54.1 Å². The Morgan fingerprint density at radius 1 is 0.657 bits per heavy atom. The number of hydrogen-bond donors (Lipinski definition) is 0. The predicted octanol–water partition coefficient (Wildman–Crippen LogP) is 8.22. The molecule has 3 aliphatic carbocycles. The Bertz CT molecular complexity index is 964. The second-order valence-corrected chi connectivity index (χ2v) is 12.9. The number of fused-ring (bicyclic) bond motifs is 3. The molecule has 0 amide bonds. The van der Waals surface area contributed by atoms with Gasteiger partial charge in [0.2, 0.25) is 0 Å². The Morgan fingerprint density at radius 3 is 1.69 bits per heavy atom. The predicted molar refractivity (Wildman–Crippen MR) is 148 cm³/mol. The van der Waals surface area contributed by atoms with E-state index in [1.165, 1.54) is 81.8 Å². The minimum Gasteiger partial charge on any atom is -0.399 e. The summed E-state index contributed by atoms with van der Waals surface area (Å²) in [6.45, 7) is 10.7. The number of hydrogen-bond acceptors (Lipinski definition) is 2. The van der Waals surface area contributed by atoms with Crippen LogP contribution >= 0.6 is 0 Å². The minimum atomic E-state index is -0.307. The van der Waals surface area contributed by atoms with Crippen molar-refractivity contribution in [2.24, 2.45) is 5.41 Å². The Labute approximate surface area is 214 Å². The molecular formula is C32H45BO2. The van der Waals surface area contributed by atoms with Gasteiger partial charge in [0.25, 0.3) is 0 Å². The average Bonchev–Trinajstić information content (AvgIpc) is 3.10. The third-order valence-corrected chi connectivity index (χ3v) is 10.2. The Morgan fingerprint density at radius 2 is 1.17 bits per heavy atom. The third kappa shape index (κ3) is 4.76. The first-order valence-electron chi connectivity index (χ1n) is 14.2. The monoisotopic (exact) mass is 472 g/mol. The Balaban J connectivity index is 1.23. The minimum absolute atomic E-state index is 0.299. The van der Waals surface area contributed by atoms with Gasteiger partial charge in [0, 0.05) is 0 Å². The van der Waals surface area contributed by atoms with E-state index in [9.17, 15) is 0 Å². The van der Waals surface area contributed by atoms with Crippen LogP contribution in [0.5, 0.6) is 0 Å². The molecule has 2 aromatic rings. The smallest absolute Gasteiger partial charge is 0.399 e. The number of benzene rings is 2. The summed E-state index contributed by atoms with van der Waals surface area (Å²) >= 11 is 0. The van der Waals surface area contributed by atoms with Crippen LogP contribution in [0.3, 0.4) is 0 Å². The van der Waals surface area contributed by atoms with E-state index < -0.39 is 0 Å². The fraction of sp³-hybridized carbons (Fsp3) is 0.625. The molecule has 0 spiro atoms. The molecule has 6 rings (SSSR count). The molecule has 2 aromatic carbocycles. The fourth-order valence-electron chi connectivity index (χ4n) is 6.83. The number of rotatable bonds is 8. The lowest BCUT2D eigenvalue weighted by molar-refractivity contribution is 0.00578. The first-order chi connectivity index (χ1) is 16.7. The van der Waals surface area contributed by atoms with Crippen LogP contribution in [0.2, 0.25) is 0 Å². The summed E-state index contributed by atoms with van der Waals surface area (Å²) in [5.74, 6) is 0. The van der Waals surface area contributed by atoms with Crippen molar-refractivity contribution >= 4 is 12.6 Å². The van der Waals surface area contributed by atoms with Crippen molar-refractivity contribution in [2.45, 2.75) is 122 Å². The first kappa shape index (κ1) is 25.1. The molecule has 1 aliphatic heterocycles. The zero-order valence-corrected chi connectivity index (χ0v) is 22.8. The standard InChI is InChI=1S/C32H45BO2/c1-6-7-8-9-18-31-19-22-32(23-20-31,24-21-31)27-14-10-25(11-15-27)26-12-16-28(17-13-26)33-34-29(2,3)30(4,5)35-33/h10-17H,6-9,18-24H2,1-5H3. The molecule has 188 valence electrons. The molecule has 0 atom stereocenters. The lowest BCUT2D eigenvalue weighted by Crippen LogP contribution is -2.44. The fourth-order valence-corrected chi connectivity index (χ4v) is 6.83. The molecule has 3 heteroatoms. The summed E-state index contributed by atoms with van der Waals surface area (Å²) < 4.78 is 12.4. The van der Waals surface area contributed by atoms with Crippen molar-refractivity contribution in [1.29, 1.82) is 0 Å². The van der Waals surface area contributed by atoms with Crippen LogP contribution in [0.25, 0.3) is 11.1 Å². The largest absolute Gasteiger partial charge is 0.494 e. The quantitative estimate of drug-likeness (QED) is 0.285. The topological polar surface area (TPSA) is 18.5 Å². The summed E-state index contributed by atoms with van der Waals surface area (Å²) in [5, 5.41) is 0. The van der Waals surface area contributed by atoms with E-state index >= 15 is 0 Å². The van der Waals surface area contributed by atoms with Crippen LogP contribution in [0, 0.1) is 5.41 Å². The highest BCUT2D eigenvalue weighted by molar-refractivity contribution is 6.62.